The molecule has 1 rings (SSSR count). The number of nitrogens with zero attached hydrogens (tertiary/aromatic N) is 1. The van der Waals surface area contributed by atoms with Crippen molar-refractivity contribution in [3.63, 3.8) is 0 Å². The molecule has 0 bridgehead atoms. The van der Waals surface area contributed by atoms with Crippen LogP contribution in [0, 0.1) is 10.1 Å². The van der Waals surface area contributed by atoms with Crippen LogP contribution in [0.3, 0.4) is 0 Å². The van der Waals surface area contributed by atoms with E-state index in [9.17, 15) is 10.1 Å². The highest BCUT2D eigenvalue weighted by Gasteiger charge is 2.18. The van der Waals surface area contributed by atoms with Crippen LogP contribution in [-0.2, 0) is 0 Å². The first-order valence-corrected chi connectivity index (χ1v) is 4.63. The van der Waals surface area contributed by atoms with E-state index < -0.39 is 4.92 Å². The van der Waals surface area contributed by atoms with Crippen molar-refractivity contribution in [2.75, 3.05) is 0 Å². The molecule has 0 heterocycles. The van der Waals surface area contributed by atoms with E-state index in [0.29, 0.717) is 17.0 Å². The topological polar surface area (TPSA) is 69.2 Å². The summed E-state index contributed by atoms with van der Waals surface area (Å²) in [5.74, 6) is 0. The first kappa shape index (κ1) is 10.9. The van der Waals surface area contributed by atoms with Gasteiger partial charge in [-0.05, 0) is 18.6 Å². The quantitative estimate of drug-likeness (QED) is 0.621. The van der Waals surface area contributed by atoms with Crippen LogP contribution in [0.5, 0.6) is 0 Å². The van der Waals surface area contributed by atoms with Crippen molar-refractivity contribution in [1.29, 1.82) is 0 Å². The van der Waals surface area contributed by atoms with Gasteiger partial charge in [0.05, 0.1) is 4.92 Å². The third-order valence-corrected chi connectivity index (χ3v) is 2.26. The summed E-state index contributed by atoms with van der Waals surface area (Å²) < 4.78 is 0. The fourth-order valence-electron chi connectivity index (χ4n) is 1.21. The van der Waals surface area contributed by atoms with Crippen LogP contribution in [0.15, 0.2) is 18.2 Å². The summed E-state index contributed by atoms with van der Waals surface area (Å²) in [6, 6.07) is 4.08. The molecule has 0 spiro atoms. The summed E-state index contributed by atoms with van der Waals surface area (Å²) in [4.78, 5) is 10.2. The van der Waals surface area contributed by atoms with E-state index in [4.69, 9.17) is 17.3 Å². The largest absolute Gasteiger partial charge is 0.324 e. The highest BCUT2D eigenvalue weighted by molar-refractivity contribution is 6.30. The van der Waals surface area contributed by atoms with Crippen LogP contribution in [0.2, 0.25) is 5.02 Å². The first-order chi connectivity index (χ1) is 6.56. The normalized spacial score (nSPS) is 12.5. The summed E-state index contributed by atoms with van der Waals surface area (Å²) in [7, 11) is 0. The van der Waals surface area contributed by atoms with Crippen LogP contribution in [0.4, 0.5) is 5.69 Å². The van der Waals surface area contributed by atoms with Gasteiger partial charge < -0.3 is 5.73 Å². The van der Waals surface area contributed by atoms with Crippen molar-refractivity contribution in [2.45, 2.75) is 19.4 Å². The molecule has 0 amide bonds. The molecule has 0 aromatic heterocycles. The predicted molar refractivity (Wildman–Crippen MR) is 55.3 cm³/mol. The first-order valence-electron chi connectivity index (χ1n) is 4.25. The van der Waals surface area contributed by atoms with Crippen LogP contribution in [-0.4, -0.2) is 4.92 Å². The van der Waals surface area contributed by atoms with Crippen molar-refractivity contribution in [1.82, 2.24) is 0 Å². The fraction of sp³-hybridized carbons (Fsp3) is 0.333. The van der Waals surface area contributed by atoms with E-state index in [1.807, 2.05) is 6.92 Å². The third kappa shape index (κ3) is 2.21. The molecule has 0 aliphatic rings. The monoisotopic (exact) mass is 214 g/mol. The summed E-state index contributed by atoms with van der Waals surface area (Å²) >= 11 is 5.74. The number of nitro groups is 1. The minimum Gasteiger partial charge on any atom is -0.324 e. The third-order valence-electron chi connectivity index (χ3n) is 2.03. The van der Waals surface area contributed by atoms with Crippen molar-refractivity contribution >= 4 is 17.3 Å². The van der Waals surface area contributed by atoms with Gasteiger partial charge in [-0.3, -0.25) is 10.1 Å². The molecule has 0 saturated heterocycles. The lowest BCUT2D eigenvalue weighted by Crippen LogP contribution is -2.11. The second-order valence-corrected chi connectivity index (χ2v) is 3.41. The maximum Gasteiger partial charge on any atom is 0.274 e. The molecule has 5 heteroatoms. The van der Waals surface area contributed by atoms with Crippen LogP contribution in [0.1, 0.15) is 24.9 Å². The van der Waals surface area contributed by atoms with E-state index >= 15 is 0 Å². The molecule has 1 aromatic rings. The molecule has 1 unspecified atom stereocenters. The number of hydrogen-bond acceptors (Lipinski definition) is 3. The zero-order chi connectivity index (χ0) is 10.7. The van der Waals surface area contributed by atoms with E-state index in [1.165, 1.54) is 12.1 Å². The lowest BCUT2D eigenvalue weighted by Gasteiger charge is -2.09. The molecule has 1 aromatic carbocycles. The van der Waals surface area contributed by atoms with Gasteiger partial charge in [0.25, 0.3) is 5.69 Å². The van der Waals surface area contributed by atoms with E-state index in [1.54, 1.807) is 6.07 Å². The van der Waals surface area contributed by atoms with Crippen molar-refractivity contribution in [3.8, 4) is 0 Å². The Morgan fingerprint density at radius 1 is 1.64 bits per heavy atom. The van der Waals surface area contributed by atoms with Gasteiger partial charge in [-0.1, -0.05) is 18.5 Å². The second kappa shape index (κ2) is 4.39. The highest BCUT2D eigenvalue weighted by Crippen LogP contribution is 2.28. The molecule has 0 aliphatic heterocycles. The molecule has 0 radical (unpaired) electrons. The number of benzene rings is 1. The number of nitrogens with two attached hydrogens (primary N) is 1. The predicted octanol–water partition coefficient (Wildman–Crippen LogP) is 2.66. The van der Waals surface area contributed by atoms with Crippen LogP contribution >= 0.6 is 11.6 Å². The van der Waals surface area contributed by atoms with Gasteiger partial charge in [-0.2, -0.15) is 0 Å². The lowest BCUT2D eigenvalue weighted by molar-refractivity contribution is -0.385. The zero-order valence-electron chi connectivity index (χ0n) is 7.74. The Labute approximate surface area is 86.8 Å². The van der Waals surface area contributed by atoms with Gasteiger partial charge in [-0.25, -0.2) is 0 Å². The zero-order valence-corrected chi connectivity index (χ0v) is 8.49. The molecule has 2 N–H and O–H groups in total. The summed E-state index contributed by atoms with van der Waals surface area (Å²) in [5.41, 5.74) is 6.26. The number of rotatable bonds is 3. The van der Waals surface area contributed by atoms with E-state index in [0.717, 1.165) is 0 Å². The Kier molecular flexibility index (Phi) is 3.43. The summed E-state index contributed by atoms with van der Waals surface area (Å²) in [5, 5.41) is 11.1. The molecular weight excluding hydrogens is 204 g/mol. The molecule has 4 nitrogen and oxygen atoms in total. The number of halogens is 1. The Morgan fingerprint density at radius 2 is 2.29 bits per heavy atom. The summed E-state index contributed by atoms with van der Waals surface area (Å²) in [6.07, 6.45) is 0.640. The van der Waals surface area contributed by atoms with Gasteiger partial charge in [0, 0.05) is 22.7 Å². The standard InChI is InChI=1S/C9H11ClN2O2/c1-2-8(11)7-5-6(10)3-4-9(7)12(13)14/h3-5,8H,2,11H2,1H3. The Balaban J connectivity index is 3.22. The lowest BCUT2D eigenvalue weighted by atomic mass is 10.0. The second-order valence-electron chi connectivity index (χ2n) is 2.97. The summed E-state index contributed by atoms with van der Waals surface area (Å²) in [6.45, 7) is 1.87. The molecule has 0 fully saturated rings. The molecule has 0 saturated carbocycles. The van der Waals surface area contributed by atoms with Gasteiger partial charge in [0.15, 0.2) is 0 Å². The SMILES string of the molecule is CCC(N)c1cc(Cl)ccc1[N+](=O)[O-]. The van der Waals surface area contributed by atoms with Crippen LogP contribution < -0.4 is 5.73 Å². The van der Waals surface area contributed by atoms with E-state index in [-0.39, 0.29) is 11.7 Å². The molecule has 1 atom stereocenters. The van der Waals surface area contributed by atoms with Crippen molar-refractivity contribution in [2.24, 2.45) is 5.73 Å². The van der Waals surface area contributed by atoms with Crippen molar-refractivity contribution < 1.29 is 4.92 Å². The number of nitro benzene ring substituents is 1. The molecule has 14 heavy (non-hydrogen) atoms. The smallest absolute Gasteiger partial charge is 0.274 e. The maximum atomic E-state index is 10.7. The number of hydrogen-bond donors (Lipinski definition) is 1. The van der Waals surface area contributed by atoms with Gasteiger partial charge in [0.1, 0.15) is 0 Å². The minimum absolute atomic E-state index is 0.0313. The van der Waals surface area contributed by atoms with Gasteiger partial charge in [0.2, 0.25) is 0 Å². The van der Waals surface area contributed by atoms with Crippen molar-refractivity contribution in [3.05, 3.63) is 38.9 Å². The Morgan fingerprint density at radius 3 is 2.79 bits per heavy atom. The average molecular weight is 215 g/mol. The minimum atomic E-state index is -0.443. The maximum absolute atomic E-state index is 10.7. The van der Waals surface area contributed by atoms with Gasteiger partial charge >= 0.3 is 0 Å². The van der Waals surface area contributed by atoms with Crippen LogP contribution in [0.25, 0.3) is 0 Å². The molecular formula is C9H11ClN2O2. The van der Waals surface area contributed by atoms with E-state index in [2.05, 4.69) is 0 Å². The Hall–Kier alpha value is -1.13. The van der Waals surface area contributed by atoms with Gasteiger partial charge in [-0.15, -0.1) is 0 Å². The molecule has 0 aliphatic carbocycles. The Bertz CT molecular complexity index is 355. The molecule has 76 valence electrons. The fourth-order valence-corrected chi connectivity index (χ4v) is 1.39. The average Bonchev–Trinajstić information content (AvgIpc) is 2.16. The highest BCUT2D eigenvalue weighted by atomic mass is 35.5.